The van der Waals surface area contributed by atoms with Crippen molar-refractivity contribution in [2.24, 2.45) is 11.8 Å². The number of nitrogens with zero attached hydrogens (tertiary/aromatic N) is 1. The lowest BCUT2D eigenvalue weighted by Crippen LogP contribution is -2.29. The van der Waals surface area contributed by atoms with Crippen LogP contribution >= 0.6 is 12.6 Å². The molecule has 0 spiro atoms. The van der Waals surface area contributed by atoms with Gasteiger partial charge in [0, 0.05) is 13.1 Å². The Kier molecular flexibility index (Phi) is 6.96. The molecular weight excluding hydrogens is 166 g/mol. The van der Waals surface area contributed by atoms with Crippen LogP contribution in [-0.4, -0.2) is 30.8 Å². The maximum atomic E-state index is 4.28. The Balaban J connectivity index is 3.51. The van der Waals surface area contributed by atoms with Gasteiger partial charge in [-0.3, -0.25) is 0 Å². The highest BCUT2D eigenvalue weighted by Crippen LogP contribution is 2.05. The van der Waals surface area contributed by atoms with Gasteiger partial charge in [-0.1, -0.05) is 27.2 Å². The lowest BCUT2D eigenvalue weighted by Gasteiger charge is -2.22. The van der Waals surface area contributed by atoms with E-state index in [-0.39, 0.29) is 0 Å². The van der Waals surface area contributed by atoms with Crippen LogP contribution in [0, 0.1) is 11.8 Å². The van der Waals surface area contributed by atoms with Crippen molar-refractivity contribution in [2.75, 3.05) is 25.9 Å². The SMILES string of the molecule is CCC(C)CN(C)CC(C)CS. The van der Waals surface area contributed by atoms with Crippen LogP contribution in [-0.2, 0) is 0 Å². The highest BCUT2D eigenvalue weighted by molar-refractivity contribution is 7.80. The summed E-state index contributed by atoms with van der Waals surface area (Å²) in [6.07, 6.45) is 1.28. The lowest BCUT2D eigenvalue weighted by atomic mass is 10.1. The first kappa shape index (κ1) is 12.3. The van der Waals surface area contributed by atoms with Crippen LogP contribution in [0.15, 0.2) is 0 Å². The van der Waals surface area contributed by atoms with Crippen LogP contribution in [0.5, 0.6) is 0 Å². The van der Waals surface area contributed by atoms with Crippen LogP contribution in [0.1, 0.15) is 27.2 Å². The molecule has 2 atom stereocenters. The van der Waals surface area contributed by atoms with Crippen LogP contribution in [0.3, 0.4) is 0 Å². The molecule has 0 aliphatic carbocycles. The van der Waals surface area contributed by atoms with E-state index in [1.807, 2.05) is 0 Å². The van der Waals surface area contributed by atoms with Crippen LogP contribution in [0.25, 0.3) is 0 Å². The van der Waals surface area contributed by atoms with E-state index in [9.17, 15) is 0 Å². The summed E-state index contributed by atoms with van der Waals surface area (Å²) in [7, 11) is 2.20. The lowest BCUT2D eigenvalue weighted by molar-refractivity contribution is 0.256. The van der Waals surface area contributed by atoms with Gasteiger partial charge in [-0.15, -0.1) is 0 Å². The Labute approximate surface area is 82.9 Å². The topological polar surface area (TPSA) is 3.24 Å². The van der Waals surface area contributed by atoms with E-state index in [1.165, 1.54) is 19.5 Å². The molecule has 0 N–H and O–H groups in total. The quantitative estimate of drug-likeness (QED) is 0.628. The van der Waals surface area contributed by atoms with E-state index >= 15 is 0 Å². The molecular formula is C10H23NS. The molecule has 0 rings (SSSR count). The highest BCUT2D eigenvalue weighted by atomic mass is 32.1. The van der Waals surface area contributed by atoms with Gasteiger partial charge in [-0.05, 0) is 24.6 Å². The van der Waals surface area contributed by atoms with Crippen molar-refractivity contribution in [2.45, 2.75) is 27.2 Å². The minimum absolute atomic E-state index is 0.711. The second-order valence-corrected chi connectivity index (χ2v) is 4.39. The van der Waals surface area contributed by atoms with Crippen molar-refractivity contribution in [1.82, 2.24) is 4.90 Å². The maximum absolute atomic E-state index is 4.28. The molecule has 2 unspecified atom stereocenters. The predicted octanol–water partition coefficient (Wildman–Crippen LogP) is 2.53. The maximum Gasteiger partial charge on any atom is 0.00119 e. The molecule has 12 heavy (non-hydrogen) atoms. The van der Waals surface area contributed by atoms with Crippen molar-refractivity contribution in [3.63, 3.8) is 0 Å². The largest absolute Gasteiger partial charge is 0.306 e. The number of rotatable bonds is 6. The Morgan fingerprint density at radius 3 is 2.08 bits per heavy atom. The summed E-state index contributed by atoms with van der Waals surface area (Å²) < 4.78 is 0. The average molecular weight is 189 g/mol. The summed E-state index contributed by atoms with van der Waals surface area (Å²) in [4.78, 5) is 2.41. The highest BCUT2D eigenvalue weighted by Gasteiger charge is 2.07. The fourth-order valence-electron chi connectivity index (χ4n) is 1.33. The minimum Gasteiger partial charge on any atom is -0.306 e. The zero-order valence-corrected chi connectivity index (χ0v) is 9.77. The molecule has 0 saturated carbocycles. The Morgan fingerprint density at radius 1 is 1.17 bits per heavy atom. The van der Waals surface area contributed by atoms with E-state index in [2.05, 4.69) is 45.3 Å². The first-order valence-electron chi connectivity index (χ1n) is 4.89. The summed E-state index contributed by atoms with van der Waals surface area (Å²) in [5.41, 5.74) is 0. The molecule has 74 valence electrons. The molecule has 1 nitrogen and oxygen atoms in total. The van der Waals surface area contributed by atoms with Gasteiger partial charge in [-0.2, -0.15) is 12.6 Å². The van der Waals surface area contributed by atoms with E-state index in [0.717, 1.165) is 11.7 Å². The smallest absolute Gasteiger partial charge is 0.00119 e. The number of thiol groups is 1. The van der Waals surface area contributed by atoms with Crippen LogP contribution in [0.4, 0.5) is 0 Å². The second-order valence-electron chi connectivity index (χ2n) is 4.02. The first-order valence-corrected chi connectivity index (χ1v) is 5.52. The van der Waals surface area contributed by atoms with Gasteiger partial charge in [0.1, 0.15) is 0 Å². The van der Waals surface area contributed by atoms with E-state index in [1.54, 1.807) is 0 Å². The third-order valence-electron chi connectivity index (χ3n) is 2.26. The molecule has 2 heteroatoms. The van der Waals surface area contributed by atoms with Crippen LogP contribution < -0.4 is 0 Å². The third kappa shape index (κ3) is 5.90. The minimum atomic E-state index is 0.711. The van der Waals surface area contributed by atoms with E-state index < -0.39 is 0 Å². The van der Waals surface area contributed by atoms with Gasteiger partial charge in [-0.25, -0.2) is 0 Å². The van der Waals surface area contributed by atoms with Crippen molar-refractivity contribution in [3.8, 4) is 0 Å². The van der Waals surface area contributed by atoms with Crippen molar-refractivity contribution in [3.05, 3.63) is 0 Å². The third-order valence-corrected chi connectivity index (χ3v) is 2.88. The Bertz CT molecular complexity index is 94.0. The van der Waals surface area contributed by atoms with Crippen molar-refractivity contribution >= 4 is 12.6 Å². The molecule has 0 bridgehead atoms. The zero-order chi connectivity index (χ0) is 9.56. The molecule has 0 aromatic heterocycles. The molecule has 0 fully saturated rings. The predicted molar refractivity (Wildman–Crippen MR) is 60.0 cm³/mol. The fourth-order valence-corrected chi connectivity index (χ4v) is 1.44. The number of hydrogen-bond acceptors (Lipinski definition) is 2. The van der Waals surface area contributed by atoms with Gasteiger partial charge in [0.2, 0.25) is 0 Å². The summed E-state index contributed by atoms with van der Waals surface area (Å²) >= 11 is 4.28. The molecule has 0 aliphatic heterocycles. The first-order chi connectivity index (χ1) is 5.60. The van der Waals surface area contributed by atoms with Crippen molar-refractivity contribution < 1.29 is 0 Å². The summed E-state index contributed by atoms with van der Waals surface area (Å²) in [6, 6.07) is 0. The van der Waals surface area contributed by atoms with Crippen molar-refractivity contribution in [1.29, 1.82) is 0 Å². The summed E-state index contributed by atoms with van der Waals surface area (Å²) in [6.45, 7) is 9.20. The Hall–Kier alpha value is 0.310. The normalized spacial score (nSPS) is 16.5. The summed E-state index contributed by atoms with van der Waals surface area (Å²) in [5, 5.41) is 0. The summed E-state index contributed by atoms with van der Waals surface area (Å²) in [5.74, 6) is 2.52. The Morgan fingerprint density at radius 2 is 1.67 bits per heavy atom. The molecule has 0 amide bonds. The van der Waals surface area contributed by atoms with Gasteiger partial charge < -0.3 is 4.90 Å². The zero-order valence-electron chi connectivity index (χ0n) is 8.88. The molecule has 0 radical (unpaired) electrons. The van der Waals surface area contributed by atoms with E-state index in [0.29, 0.717) is 5.92 Å². The van der Waals surface area contributed by atoms with Gasteiger partial charge in [0.05, 0.1) is 0 Å². The van der Waals surface area contributed by atoms with Gasteiger partial charge >= 0.3 is 0 Å². The fraction of sp³-hybridized carbons (Fsp3) is 1.00. The molecule has 0 aromatic rings. The monoisotopic (exact) mass is 189 g/mol. The van der Waals surface area contributed by atoms with Gasteiger partial charge in [0.15, 0.2) is 0 Å². The second kappa shape index (κ2) is 6.79. The molecule has 0 aliphatic rings. The van der Waals surface area contributed by atoms with Crippen LogP contribution in [0.2, 0.25) is 0 Å². The molecule has 0 heterocycles. The van der Waals surface area contributed by atoms with E-state index in [4.69, 9.17) is 0 Å². The van der Waals surface area contributed by atoms with Gasteiger partial charge in [0.25, 0.3) is 0 Å². The number of hydrogen-bond donors (Lipinski definition) is 1. The molecule has 0 aromatic carbocycles. The standard InChI is InChI=1S/C10H23NS/c1-5-9(2)6-11(4)7-10(3)8-12/h9-10,12H,5-8H2,1-4H3. The molecule has 0 saturated heterocycles. The average Bonchev–Trinajstić information content (AvgIpc) is 2.03.